The summed E-state index contributed by atoms with van der Waals surface area (Å²) < 4.78 is 16.8. The third-order valence-corrected chi connectivity index (χ3v) is 4.82. The minimum absolute atomic E-state index is 0.244. The molecule has 0 bridgehead atoms. The molecule has 3 aromatic rings. The maximum absolute atomic E-state index is 13.1. The first kappa shape index (κ1) is 19.0. The van der Waals surface area contributed by atoms with Gasteiger partial charge in [0, 0.05) is 7.05 Å². The minimum Gasteiger partial charge on any atom is -0.329 e. The molecule has 0 amide bonds. The highest BCUT2D eigenvalue weighted by Crippen LogP contribution is 2.22. The van der Waals surface area contributed by atoms with E-state index in [2.05, 4.69) is 20.8 Å². The van der Waals surface area contributed by atoms with Gasteiger partial charge in [-0.3, -0.25) is 9.36 Å². The number of hydrogen-bond donors (Lipinski definition) is 2. The fraction of sp³-hybridized carbons (Fsp3) is 0.316. The molecule has 0 fully saturated rings. The number of anilines is 2. The van der Waals surface area contributed by atoms with E-state index in [0.29, 0.717) is 11.7 Å². The van der Waals surface area contributed by atoms with Gasteiger partial charge in [0.2, 0.25) is 0 Å². The Hall–Kier alpha value is -2.74. The van der Waals surface area contributed by atoms with Crippen LogP contribution >= 0.6 is 12.2 Å². The average molecular weight is 387 g/mol. The molecular formula is C19H23FN6S. The zero-order valence-electron chi connectivity index (χ0n) is 16.1. The van der Waals surface area contributed by atoms with Crippen molar-refractivity contribution in [2.24, 2.45) is 7.05 Å². The fourth-order valence-corrected chi connectivity index (χ4v) is 3.21. The fourth-order valence-electron chi connectivity index (χ4n) is 3.01. The molecule has 0 aliphatic heterocycles. The molecule has 2 N–H and O–H groups in total. The topological polar surface area (TPSA) is 59.7 Å². The van der Waals surface area contributed by atoms with Gasteiger partial charge in [0.15, 0.2) is 5.11 Å². The van der Waals surface area contributed by atoms with Gasteiger partial charge >= 0.3 is 0 Å². The molecule has 0 saturated heterocycles. The van der Waals surface area contributed by atoms with Gasteiger partial charge in [-0.2, -0.15) is 10.2 Å². The van der Waals surface area contributed by atoms with E-state index in [1.807, 2.05) is 44.1 Å². The maximum atomic E-state index is 13.1. The minimum atomic E-state index is -0.244. The Bertz CT molecular complexity index is 987. The van der Waals surface area contributed by atoms with Crippen LogP contribution in [0.4, 0.5) is 15.8 Å². The number of rotatable bonds is 4. The van der Waals surface area contributed by atoms with Crippen LogP contribution in [-0.4, -0.2) is 24.7 Å². The molecule has 0 unspecified atom stereocenters. The molecule has 6 nitrogen and oxygen atoms in total. The largest absolute Gasteiger partial charge is 0.329 e. The van der Waals surface area contributed by atoms with Crippen molar-refractivity contribution in [3.63, 3.8) is 0 Å². The van der Waals surface area contributed by atoms with Crippen LogP contribution in [0.2, 0.25) is 0 Å². The molecule has 0 atom stereocenters. The summed E-state index contributed by atoms with van der Waals surface area (Å²) in [4.78, 5) is 0. The molecule has 3 rings (SSSR count). The molecule has 1 aromatic carbocycles. The zero-order chi connectivity index (χ0) is 19.7. The third kappa shape index (κ3) is 4.00. The van der Waals surface area contributed by atoms with E-state index >= 15 is 0 Å². The Labute approximate surface area is 163 Å². The summed E-state index contributed by atoms with van der Waals surface area (Å²) in [7, 11) is 1.90. The van der Waals surface area contributed by atoms with E-state index < -0.39 is 0 Å². The number of halogens is 1. The lowest BCUT2D eigenvalue weighted by molar-refractivity contribution is 0.622. The van der Waals surface area contributed by atoms with Crippen LogP contribution in [0.5, 0.6) is 0 Å². The zero-order valence-corrected chi connectivity index (χ0v) is 16.9. The van der Waals surface area contributed by atoms with Crippen molar-refractivity contribution < 1.29 is 4.39 Å². The standard InChI is InChI=1S/C19H23FN6S/c1-11-17(13(3)25(5)23-11)21-19(27)22-18-12(2)24-26(14(18)4)10-15-6-8-16(20)9-7-15/h6-9H,10H2,1-5H3,(H2,21,22,27). The smallest absolute Gasteiger partial charge is 0.175 e. The Kier molecular flexibility index (Phi) is 5.27. The summed E-state index contributed by atoms with van der Waals surface area (Å²) in [6.07, 6.45) is 0. The van der Waals surface area contributed by atoms with Gasteiger partial charge in [0.25, 0.3) is 0 Å². The Morgan fingerprint density at radius 3 is 2.07 bits per heavy atom. The number of nitrogens with one attached hydrogen (secondary N) is 2. The third-order valence-electron chi connectivity index (χ3n) is 4.61. The number of thiocarbonyl (C=S) groups is 1. The van der Waals surface area contributed by atoms with Crippen molar-refractivity contribution in [1.82, 2.24) is 19.6 Å². The van der Waals surface area contributed by atoms with Crippen LogP contribution in [0.1, 0.15) is 28.3 Å². The number of aromatic nitrogens is 4. The quantitative estimate of drug-likeness (QED) is 0.667. The predicted molar refractivity (Wildman–Crippen MR) is 110 cm³/mol. The highest BCUT2D eigenvalue weighted by molar-refractivity contribution is 7.80. The molecule has 8 heteroatoms. The summed E-state index contributed by atoms with van der Waals surface area (Å²) in [5.74, 6) is -0.244. The van der Waals surface area contributed by atoms with E-state index in [1.54, 1.807) is 12.1 Å². The molecule has 0 saturated carbocycles. The molecule has 0 radical (unpaired) electrons. The monoisotopic (exact) mass is 386 g/mol. The van der Waals surface area contributed by atoms with Crippen molar-refractivity contribution >= 4 is 28.7 Å². The summed E-state index contributed by atoms with van der Waals surface area (Å²) in [6, 6.07) is 6.44. The molecule has 0 aliphatic rings. The average Bonchev–Trinajstić information content (AvgIpc) is 3.01. The summed E-state index contributed by atoms with van der Waals surface area (Å²) >= 11 is 5.48. The maximum Gasteiger partial charge on any atom is 0.175 e. The number of nitrogens with zero attached hydrogens (tertiary/aromatic N) is 4. The second-order valence-electron chi connectivity index (χ2n) is 6.58. The van der Waals surface area contributed by atoms with Crippen LogP contribution in [0, 0.1) is 33.5 Å². The molecule has 0 aliphatic carbocycles. The van der Waals surface area contributed by atoms with Gasteiger partial charge in [-0.25, -0.2) is 4.39 Å². The van der Waals surface area contributed by atoms with E-state index in [0.717, 1.165) is 39.7 Å². The summed E-state index contributed by atoms with van der Waals surface area (Å²) in [5, 5.41) is 15.9. The van der Waals surface area contributed by atoms with Gasteiger partial charge in [0.1, 0.15) is 5.82 Å². The van der Waals surface area contributed by atoms with E-state index in [1.165, 1.54) is 12.1 Å². The first-order valence-corrected chi connectivity index (χ1v) is 9.03. The summed E-state index contributed by atoms with van der Waals surface area (Å²) in [6.45, 7) is 8.40. The lowest BCUT2D eigenvalue weighted by Gasteiger charge is -2.11. The second kappa shape index (κ2) is 7.48. The number of hydrogen-bond acceptors (Lipinski definition) is 3. The predicted octanol–water partition coefficient (Wildman–Crippen LogP) is 3.85. The molecular weight excluding hydrogens is 363 g/mol. The van der Waals surface area contributed by atoms with Crippen molar-refractivity contribution in [2.75, 3.05) is 10.6 Å². The molecule has 142 valence electrons. The van der Waals surface area contributed by atoms with Crippen molar-refractivity contribution in [3.8, 4) is 0 Å². The lowest BCUT2D eigenvalue weighted by atomic mass is 10.2. The van der Waals surface area contributed by atoms with Crippen LogP contribution < -0.4 is 10.6 Å². The molecule has 2 heterocycles. The van der Waals surface area contributed by atoms with Crippen molar-refractivity contribution in [1.29, 1.82) is 0 Å². The number of aryl methyl sites for hydroxylation is 3. The number of benzene rings is 1. The van der Waals surface area contributed by atoms with Gasteiger partial charge in [0.05, 0.1) is 40.7 Å². The molecule has 0 spiro atoms. The van der Waals surface area contributed by atoms with Crippen molar-refractivity contribution in [3.05, 3.63) is 58.4 Å². The lowest BCUT2D eigenvalue weighted by Crippen LogP contribution is -2.20. The van der Waals surface area contributed by atoms with Gasteiger partial charge < -0.3 is 10.6 Å². The van der Waals surface area contributed by atoms with Crippen LogP contribution in [-0.2, 0) is 13.6 Å². The SMILES string of the molecule is Cc1nn(C)c(C)c1NC(=S)Nc1c(C)nn(Cc2ccc(F)cc2)c1C. The van der Waals surface area contributed by atoms with Crippen LogP contribution in [0.15, 0.2) is 24.3 Å². The Balaban J connectivity index is 1.76. The normalized spacial score (nSPS) is 10.9. The highest BCUT2D eigenvalue weighted by atomic mass is 32.1. The van der Waals surface area contributed by atoms with E-state index in [9.17, 15) is 4.39 Å². The molecule has 27 heavy (non-hydrogen) atoms. The van der Waals surface area contributed by atoms with E-state index in [-0.39, 0.29) is 5.82 Å². The first-order chi connectivity index (χ1) is 12.8. The van der Waals surface area contributed by atoms with Crippen LogP contribution in [0.3, 0.4) is 0 Å². The van der Waals surface area contributed by atoms with Crippen molar-refractivity contribution in [2.45, 2.75) is 34.2 Å². The van der Waals surface area contributed by atoms with Gasteiger partial charge in [-0.1, -0.05) is 12.1 Å². The van der Waals surface area contributed by atoms with Crippen LogP contribution in [0.25, 0.3) is 0 Å². The first-order valence-electron chi connectivity index (χ1n) is 8.63. The second-order valence-corrected chi connectivity index (χ2v) is 6.99. The molecule has 2 aromatic heterocycles. The van der Waals surface area contributed by atoms with E-state index in [4.69, 9.17) is 12.2 Å². The van der Waals surface area contributed by atoms with Gasteiger partial charge in [-0.05, 0) is 57.6 Å². The summed E-state index contributed by atoms with van der Waals surface area (Å²) in [5.41, 5.74) is 6.46. The Morgan fingerprint density at radius 2 is 1.52 bits per heavy atom. The van der Waals surface area contributed by atoms with Gasteiger partial charge in [-0.15, -0.1) is 0 Å². The Morgan fingerprint density at radius 1 is 0.963 bits per heavy atom. The highest BCUT2D eigenvalue weighted by Gasteiger charge is 2.15.